The number of Topliss-reactive ketones (excluding diaryl/α,β-unsaturated/α-hetero) is 1. The molecule has 1 aliphatic rings. The Hall–Kier alpha value is -3.61. The Morgan fingerprint density at radius 1 is 1.10 bits per heavy atom. The maximum Gasteiger partial charge on any atom is 0.187 e. The predicted molar refractivity (Wildman–Crippen MR) is 107 cm³/mol. The molecule has 0 amide bonds. The number of ketones is 1. The van der Waals surface area contributed by atoms with Crippen LogP contribution in [-0.4, -0.2) is 25.1 Å². The number of benzene rings is 2. The van der Waals surface area contributed by atoms with Crippen molar-refractivity contribution < 1.29 is 13.6 Å². The van der Waals surface area contributed by atoms with Gasteiger partial charge in [0.15, 0.2) is 5.78 Å². The van der Waals surface area contributed by atoms with Crippen LogP contribution in [0.25, 0.3) is 16.9 Å². The van der Waals surface area contributed by atoms with E-state index >= 15 is 0 Å². The molecule has 30 heavy (non-hydrogen) atoms. The number of hydrogen-bond acceptors (Lipinski definition) is 3. The van der Waals surface area contributed by atoms with Gasteiger partial charge in [0.25, 0.3) is 0 Å². The third-order valence-electron chi connectivity index (χ3n) is 5.45. The minimum Gasteiger partial charge on any atom is -0.306 e. The van der Waals surface area contributed by atoms with Gasteiger partial charge in [0.05, 0.1) is 12.0 Å². The molecule has 0 saturated heterocycles. The Bertz CT molecular complexity index is 1220. The second-order valence-corrected chi connectivity index (χ2v) is 7.35. The van der Waals surface area contributed by atoms with Crippen LogP contribution in [-0.2, 0) is 19.4 Å². The average Bonchev–Trinajstić information content (AvgIpc) is 3.39. The van der Waals surface area contributed by atoms with Gasteiger partial charge in [-0.1, -0.05) is 12.1 Å². The van der Waals surface area contributed by atoms with Gasteiger partial charge in [-0.3, -0.25) is 9.48 Å². The molecule has 0 unspecified atom stereocenters. The highest BCUT2D eigenvalue weighted by Gasteiger charge is 2.22. The van der Waals surface area contributed by atoms with E-state index in [0.29, 0.717) is 6.54 Å². The Morgan fingerprint density at radius 3 is 2.70 bits per heavy atom. The summed E-state index contributed by atoms with van der Waals surface area (Å²) in [6.07, 6.45) is 6.75. The highest BCUT2D eigenvalue weighted by Crippen LogP contribution is 2.31. The molecule has 150 valence electrons. The van der Waals surface area contributed by atoms with Crippen molar-refractivity contribution in [3.63, 3.8) is 0 Å². The van der Waals surface area contributed by atoms with Crippen molar-refractivity contribution >= 4 is 5.78 Å². The van der Waals surface area contributed by atoms with E-state index in [-0.39, 0.29) is 17.7 Å². The van der Waals surface area contributed by atoms with Crippen LogP contribution in [0.3, 0.4) is 0 Å². The lowest BCUT2D eigenvalue weighted by Gasteiger charge is -2.09. The molecule has 0 bridgehead atoms. The Morgan fingerprint density at radius 2 is 1.93 bits per heavy atom. The number of fused-ring (bicyclic) bond motifs is 3. The molecule has 0 atom stereocenters. The van der Waals surface area contributed by atoms with E-state index in [9.17, 15) is 13.6 Å². The van der Waals surface area contributed by atoms with Gasteiger partial charge >= 0.3 is 0 Å². The summed E-state index contributed by atoms with van der Waals surface area (Å²) >= 11 is 0. The molecular weight excluding hydrogens is 386 g/mol. The summed E-state index contributed by atoms with van der Waals surface area (Å²) in [7, 11) is 0. The van der Waals surface area contributed by atoms with E-state index in [1.54, 1.807) is 18.6 Å². The third kappa shape index (κ3) is 3.22. The Kier molecular flexibility index (Phi) is 4.50. The van der Waals surface area contributed by atoms with Crippen molar-refractivity contribution in [1.82, 2.24) is 19.3 Å². The quantitative estimate of drug-likeness (QED) is 0.474. The first-order valence-electron chi connectivity index (χ1n) is 9.76. The molecule has 5 rings (SSSR count). The Balaban J connectivity index is 1.53. The molecule has 0 fully saturated rings. The van der Waals surface area contributed by atoms with Crippen LogP contribution in [0.15, 0.2) is 61.2 Å². The van der Waals surface area contributed by atoms with Gasteiger partial charge in [0.1, 0.15) is 17.3 Å². The van der Waals surface area contributed by atoms with Crippen LogP contribution >= 0.6 is 0 Å². The zero-order valence-electron chi connectivity index (χ0n) is 16.1. The number of halogens is 2. The topological polar surface area (TPSA) is 52.7 Å². The molecule has 5 nitrogen and oxygen atoms in total. The summed E-state index contributed by atoms with van der Waals surface area (Å²) < 4.78 is 31.6. The van der Waals surface area contributed by atoms with Crippen LogP contribution in [0.2, 0.25) is 0 Å². The van der Waals surface area contributed by atoms with E-state index in [0.717, 1.165) is 41.9 Å². The molecule has 2 aromatic heterocycles. The van der Waals surface area contributed by atoms with Crippen LogP contribution in [0.5, 0.6) is 0 Å². The molecule has 1 aliphatic heterocycles. The second kappa shape index (κ2) is 7.33. The smallest absolute Gasteiger partial charge is 0.187 e. The lowest BCUT2D eigenvalue weighted by Crippen LogP contribution is -2.09. The van der Waals surface area contributed by atoms with Gasteiger partial charge in [-0.25, -0.2) is 13.8 Å². The number of imidazole rings is 1. The number of rotatable bonds is 4. The number of carbonyl (C=O) groups is 1. The van der Waals surface area contributed by atoms with Crippen molar-refractivity contribution in [2.75, 3.05) is 0 Å². The fourth-order valence-corrected chi connectivity index (χ4v) is 3.91. The molecule has 7 heteroatoms. The molecule has 0 N–H and O–H groups in total. The van der Waals surface area contributed by atoms with Crippen LogP contribution in [0.4, 0.5) is 8.78 Å². The fraction of sp³-hybridized carbons (Fsp3) is 0.174. The first-order chi connectivity index (χ1) is 14.6. The van der Waals surface area contributed by atoms with Gasteiger partial charge in [-0.05, 0) is 48.7 Å². The molecule has 2 aromatic carbocycles. The summed E-state index contributed by atoms with van der Waals surface area (Å²) in [4.78, 5) is 16.9. The van der Waals surface area contributed by atoms with Crippen molar-refractivity contribution in [3.8, 4) is 16.9 Å². The lowest BCUT2D eigenvalue weighted by atomic mass is 10.00. The van der Waals surface area contributed by atoms with E-state index in [1.165, 1.54) is 11.6 Å². The average molecular weight is 404 g/mol. The zero-order chi connectivity index (χ0) is 20.7. The molecule has 0 spiro atoms. The maximum absolute atomic E-state index is 14.0. The van der Waals surface area contributed by atoms with E-state index < -0.39 is 17.4 Å². The summed E-state index contributed by atoms with van der Waals surface area (Å²) in [6.45, 7) is 0.672. The molecule has 0 aliphatic carbocycles. The van der Waals surface area contributed by atoms with Crippen LogP contribution in [0.1, 0.15) is 28.0 Å². The fourth-order valence-electron chi connectivity index (χ4n) is 3.91. The normalized spacial score (nSPS) is 12.9. The number of nitrogens with zero attached hydrogens (tertiary/aromatic N) is 4. The van der Waals surface area contributed by atoms with Crippen LogP contribution < -0.4 is 0 Å². The lowest BCUT2D eigenvalue weighted by molar-refractivity contribution is 0.0985. The molecule has 3 heterocycles. The van der Waals surface area contributed by atoms with Crippen molar-refractivity contribution in [1.29, 1.82) is 0 Å². The standard InChI is InChI=1S/C23H18F2N4O/c24-19-4-1-5-20(25)18(19)12-23(30)21-13-22-17-11-16(28-10-8-26-14-28)7-6-15(17)3-2-9-29(22)27-21/h1,4-8,10-11,13-14H,2-3,9,12H2. The number of aromatic nitrogens is 4. The van der Waals surface area contributed by atoms with Gasteiger partial charge in [-0.2, -0.15) is 5.10 Å². The highest BCUT2D eigenvalue weighted by molar-refractivity contribution is 5.97. The summed E-state index contributed by atoms with van der Waals surface area (Å²) in [5.74, 6) is -1.86. The first-order valence-corrected chi connectivity index (χ1v) is 9.76. The molecule has 4 aromatic rings. The van der Waals surface area contributed by atoms with Crippen LogP contribution in [0, 0.1) is 11.6 Å². The van der Waals surface area contributed by atoms with Crippen molar-refractivity contribution in [2.45, 2.75) is 25.8 Å². The Labute approximate surface area is 171 Å². The van der Waals surface area contributed by atoms with Gasteiger partial charge in [0, 0.05) is 42.2 Å². The second-order valence-electron chi connectivity index (χ2n) is 7.35. The van der Waals surface area contributed by atoms with Gasteiger partial charge in [-0.15, -0.1) is 0 Å². The summed E-state index contributed by atoms with van der Waals surface area (Å²) in [5.41, 5.74) is 3.96. The summed E-state index contributed by atoms with van der Waals surface area (Å²) in [6, 6.07) is 11.5. The largest absolute Gasteiger partial charge is 0.306 e. The van der Waals surface area contributed by atoms with Crippen molar-refractivity contribution in [3.05, 3.63) is 89.6 Å². The minimum absolute atomic E-state index is 0.216. The number of hydrogen-bond donors (Lipinski definition) is 0. The van der Waals surface area contributed by atoms with E-state index in [1.807, 2.05) is 21.5 Å². The predicted octanol–water partition coefficient (Wildman–Crippen LogP) is 4.39. The summed E-state index contributed by atoms with van der Waals surface area (Å²) in [5, 5.41) is 4.46. The highest BCUT2D eigenvalue weighted by atomic mass is 19.1. The van der Waals surface area contributed by atoms with E-state index in [2.05, 4.69) is 22.2 Å². The van der Waals surface area contributed by atoms with Crippen molar-refractivity contribution in [2.24, 2.45) is 0 Å². The third-order valence-corrected chi connectivity index (χ3v) is 5.45. The number of carbonyl (C=O) groups excluding carboxylic acids is 1. The molecule has 0 saturated carbocycles. The SMILES string of the molecule is O=C(Cc1c(F)cccc1F)c1cc2n(n1)CCCc1ccc(-n3ccnc3)cc1-2. The van der Waals surface area contributed by atoms with E-state index in [4.69, 9.17) is 0 Å². The monoisotopic (exact) mass is 404 g/mol. The zero-order valence-corrected chi connectivity index (χ0v) is 16.1. The van der Waals surface area contributed by atoms with Gasteiger partial charge in [0.2, 0.25) is 0 Å². The number of aryl methyl sites for hydroxylation is 2. The molecule has 0 radical (unpaired) electrons. The van der Waals surface area contributed by atoms with Gasteiger partial charge < -0.3 is 4.57 Å². The first kappa shape index (κ1) is 18.4. The maximum atomic E-state index is 14.0. The minimum atomic E-state index is -0.723. The molecular formula is C23H18F2N4O.